The van der Waals surface area contributed by atoms with Crippen molar-refractivity contribution >= 4 is 34.7 Å². The molecule has 0 saturated heterocycles. The van der Waals surface area contributed by atoms with Crippen molar-refractivity contribution in [1.82, 2.24) is 4.57 Å². The zero-order valence-electron chi connectivity index (χ0n) is 21.0. The number of hydrazone groups is 2. The Morgan fingerprint density at radius 3 is 2.47 bits per heavy atom. The number of amides is 1. The van der Waals surface area contributed by atoms with Crippen molar-refractivity contribution in [2.75, 3.05) is 10.4 Å². The molecule has 3 N–H and O–H groups in total. The SMILES string of the molecule is Cc1ccc(N2N=C(c3ccn(C)c3)/C(=N/Nc3cccc(-c4cccc(C(=O)O)c4O)c3)C2=O)cc1C. The summed E-state index contributed by atoms with van der Waals surface area (Å²) in [7, 11) is 1.89. The van der Waals surface area contributed by atoms with Crippen LogP contribution in [0.4, 0.5) is 11.4 Å². The highest BCUT2D eigenvalue weighted by Gasteiger charge is 2.34. The summed E-state index contributed by atoms with van der Waals surface area (Å²) in [6, 6.07) is 19.1. The Kier molecular flexibility index (Phi) is 6.26. The maximum absolute atomic E-state index is 13.5. The maximum Gasteiger partial charge on any atom is 0.339 e. The number of aryl methyl sites for hydroxylation is 3. The first-order valence-corrected chi connectivity index (χ1v) is 11.9. The molecule has 0 atom stereocenters. The van der Waals surface area contributed by atoms with Gasteiger partial charge in [-0.2, -0.15) is 15.2 Å². The van der Waals surface area contributed by atoms with Crippen LogP contribution >= 0.6 is 0 Å². The summed E-state index contributed by atoms with van der Waals surface area (Å²) < 4.78 is 1.87. The van der Waals surface area contributed by atoms with Crippen molar-refractivity contribution in [2.24, 2.45) is 17.3 Å². The quantitative estimate of drug-likeness (QED) is 0.320. The predicted octanol–water partition coefficient (Wildman–Crippen LogP) is 4.93. The minimum Gasteiger partial charge on any atom is -0.506 e. The van der Waals surface area contributed by atoms with E-state index in [-0.39, 0.29) is 22.9 Å². The van der Waals surface area contributed by atoms with E-state index in [1.165, 1.54) is 11.1 Å². The van der Waals surface area contributed by atoms with Gasteiger partial charge in [-0.1, -0.05) is 30.3 Å². The summed E-state index contributed by atoms with van der Waals surface area (Å²) in [4.78, 5) is 24.9. The van der Waals surface area contributed by atoms with Crippen LogP contribution < -0.4 is 10.4 Å². The number of aromatic nitrogens is 1. The largest absolute Gasteiger partial charge is 0.506 e. The van der Waals surface area contributed by atoms with E-state index in [0.29, 0.717) is 28.2 Å². The summed E-state index contributed by atoms with van der Waals surface area (Å²) in [5.41, 5.74) is 8.38. The van der Waals surface area contributed by atoms with E-state index in [1.54, 1.807) is 36.4 Å². The number of hydrogen-bond acceptors (Lipinski definition) is 6. The molecule has 1 aliphatic heterocycles. The Morgan fingerprint density at radius 2 is 1.76 bits per heavy atom. The molecule has 0 bridgehead atoms. The zero-order valence-corrected chi connectivity index (χ0v) is 21.0. The third-order valence-electron chi connectivity index (χ3n) is 6.40. The third-order valence-corrected chi connectivity index (χ3v) is 6.40. The highest BCUT2D eigenvalue weighted by molar-refractivity contribution is 6.74. The molecule has 0 aliphatic carbocycles. The second kappa shape index (κ2) is 9.70. The van der Waals surface area contributed by atoms with Gasteiger partial charge >= 0.3 is 11.9 Å². The Morgan fingerprint density at radius 1 is 0.974 bits per heavy atom. The third kappa shape index (κ3) is 4.53. The first-order valence-electron chi connectivity index (χ1n) is 11.9. The number of hydrogen-bond donors (Lipinski definition) is 3. The molecule has 1 aromatic heterocycles. The highest BCUT2D eigenvalue weighted by Crippen LogP contribution is 2.33. The molecular weight excluding hydrogens is 482 g/mol. The lowest BCUT2D eigenvalue weighted by Gasteiger charge is -2.13. The summed E-state index contributed by atoms with van der Waals surface area (Å²) in [6.07, 6.45) is 3.73. The van der Waals surface area contributed by atoms with Crippen molar-refractivity contribution in [3.05, 3.63) is 101 Å². The standard InChI is InChI=1S/C29H25N5O4/c1-17-10-11-22(14-18(17)2)34-28(36)26(25(32-34)20-12-13-33(3)16-20)31-30-21-7-4-6-19(15-21)23-8-5-9-24(27(23)35)29(37)38/h4-16,30,35H,1-3H3,(H,37,38)/b31-26-. The molecule has 9 nitrogen and oxygen atoms in total. The molecule has 190 valence electrons. The monoisotopic (exact) mass is 507 g/mol. The number of nitrogens with zero attached hydrogens (tertiary/aromatic N) is 4. The molecular formula is C29H25N5O4. The highest BCUT2D eigenvalue weighted by atomic mass is 16.4. The molecule has 0 unspecified atom stereocenters. The lowest BCUT2D eigenvalue weighted by Crippen LogP contribution is -2.28. The van der Waals surface area contributed by atoms with Crippen LogP contribution in [0.2, 0.25) is 0 Å². The summed E-state index contributed by atoms with van der Waals surface area (Å²) in [5, 5.41) is 30.2. The summed E-state index contributed by atoms with van der Waals surface area (Å²) in [5.74, 6) is -1.91. The number of para-hydroxylation sites is 1. The van der Waals surface area contributed by atoms with Crippen molar-refractivity contribution in [3.8, 4) is 16.9 Å². The van der Waals surface area contributed by atoms with Crippen LogP contribution in [0.1, 0.15) is 27.0 Å². The number of phenols is 1. The van der Waals surface area contributed by atoms with Gasteiger partial charge in [-0.05, 0) is 66.9 Å². The van der Waals surface area contributed by atoms with E-state index >= 15 is 0 Å². The molecule has 2 heterocycles. The van der Waals surface area contributed by atoms with Gasteiger partial charge in [0.2, 0.25) is 0 Å². The van der Waals surface area contributed by atoms with Crippen LogP contribution in [0.3, 0.4) is 0 Å². The summed E-state index contributed by atoms with van der Waals surface area (Å²) >= 11 is 0. The van der Waals surface area contributed by atoms with Gasteiger partial charge in [0.05, 0.1) is 11.4 Å². The van der Waals surface area contributed by atoms with Crippen LogP contribution in [0.5, 0.6) is 5.75 Å². The number of nitrogens with one attached hydrogen (secondary N) is 1. The van der Waals surface area contributed by atoms with Gasteiger partial charge in [0, 0.05) is 30.6 Å². The molecule has 0 radical (unpaired) electrons. The van der Waals surface area contributed by atoms with Crippen molar-refractivity contribution in [2.45, 2.75) is 13.8 Å². The number of aromatic hydroxyl groups is 1. The number of anilines is 2. The van der Waals surface area contributed by atoms with Crippen LogP contribution in [-0.4, -0.2) is 38.1 Å². The molecule has 1 amide bonds. The minimum atomic E-state index is -1.22. The van der Waals surface area contributed by atoms with E-state index in [0.717, 1.165) is 16.7 Å². The van der Waals surface area contributed by atoms with Gasteiger partial charge < -0.3 is 14.8 Å². The molecule has 0 spiro atoms. The first kappa shape index (κ1) is 24.5. The summed E-state index contributed by atoms with van der Waals surface area (Å²) in [6.45, 7) is 3.99. The van der Waals surface area contributed by atoms with Crippen molar-refractivity contribution < 1.29 is 19.8 Å². The molecule has 38 heavy (non-hydrogen) atoms. The minimum absolute atomic E-state index is 0.149. The Hall–Kier alpha value is -5.18. The van der Waals surface area contributed by atoms with E-state index in [2.05, 4.69) is 15.6 Å². The topological polar surface area (TPSA) is 120 Å². The lowest BCUT2D eigenvalue weighted by molar-refractivity contribution is -0.112. The fraction of sp³-hybridized carbons (Fsp3) is 0.103. The number of rotatable bonds is 6. The molecule has 5 rings (SSSR count). The first-order chi connectivity index (χ1) is 18.2. The Labute approximate surface area is 219 Å². The fourth-order valence-corrected chi connectivity index (χ4v) is 4.19. The molecule has 0 saturated carbocycles. The van der Waals surface area contributed by atoms with E-state index in [9.17, 15) is 19.8 Å². The van der Waals surface area contributed by atoms with Crippen LogP contribution in [0.25, 0.3) is 11.1 Å². The van der Waals surface area contributed by atoms with Gasteiger partial charge in [0.1, 0.15) is 17.0 Å². The number of carboxylic acid groups (broad SMARTS) is 1. The van der Waals surface area contributed by atoms with Crippen molar-refractivity contribution in [3.63, 3.8) is 0 Å². The fourth-order valence-electron chi connectivity index (χ4n) is 4.19. The molecule has 4 aromatic rings. The molecule has 9 heteroatoms. The number of carbonyl (C=O) groups is 2. The normalized spacial score (nSPS) is 14.2. The average Bonchev–Trinajstić information content (AvgIpc) is 3.47. The number of carbonyl (C=O) groups excluding carboxylic acids is 1. The Balaban J connectivity index is 1.50. The van der Waals surface area contributed by atoms with Gasteiger partial charge in [0.25, 0.3) is 0 Å². The van der Waals surface area contributed by atoms with Crippen molar-refractivity contribution in [1.29, 1.82) is 0 Å². The second-order valence-electron chi connectivity index (χ2n) is 9.06. The van der Waals surface area contributed by atoms with Crippen LogP contribution in [0, 0.1) is 13.8 Å². The Bertz CT molecular complexity index is 1650. The smallest absolute Gasteiger partial charge is 0.339 e. The van der Waals surface area contributed by atoms with Gasteiger partial charge in [-0.15, -0.1) is 0 Å². The van der Waals surface area contributed by atoms with Crippen LogP contribution in [-0.2, 0) is 11.8 Å². The van der Waals surface area contributed by atoms with Crippen LogP contribution in [0.15, 0.2) is 89.3 Å². The van der Waals surface area contributed by atoms with E-state index in [1.807, 2.05) is 62.1 Å². The number of benzene rings is 3. The lowest BCUT2D eigenvalue weighted by atomic mass is 10.0. The van der Waals surface area contributed by atoms with E-state index < -0.39 is 5.97 Å². The van der Waals surface area contributed by atoms with Gasteiger partial charge in [-0.25, -0.2) is 4.79 Å². The van der Waals surface area contributed by atoms with E-state index in [4.69, 9.17) is 0 Å². The van der Waals surface area contributed by atoms with Gasteiger partial charge in [-0.3, -0.25) is 10.2 Å². The predicted molar refractivity (Wildman–Crippen MR) is 147 cm³/mol. The molecule has 1 aliphatic rings. The molecule has 3 aromatic carbocycles. The van der Waals surface area contributed by atoms with Gasteiger partial charge in [0.15, 0.2) is 5.71 Å². The molecule has 0 fully saturated rings. The average molecular weight is 508 g/mol. The second-order valence-corrected chi connectivity index (χ2v) is 9.06. The zero-order chi connectivity index (χ0) is 27.0. The maximum atomic E-state index is 13.5. The number of carboxylic acids is 1. The number of aromatic carboxylic acids is 1.